The lowest BCUT2D eigenvalue weighted by atomic mass is 10.1. The Hall–Kier alpha value is -2.43. The second-order valence-corrected chi connectivity index (χ2v) is 6.60. The van der Waals surface area contributed by atoms with E-state index in [0.717, 1.165) is 18.5 Å². The number of benzene rings is 1. The van der Waals surface area contributed by atoms with Crippen molar-refractivity contribution < 1.29 is 4.79 Å². The number of carbonyl (C=O) groups excluding carboxylic acids is 1. The van der Waals surface area contributed by atoms with Crippen LogP contribution in [0.1, 0.15) is 49.1 Å². The van der Waals surface area contributed by atoms with Crippen LogP contribution in [0.3, 0.4) is 0 Å². The molecule has 0 aliphatic heterocycles. The van der Waals surface area contributed by atoms with Crippen molar-refractivity contribution in [1.82, 2.24) is 14.9 Å². The van der Waals surface area contributed by atoms with Crippen LogP contribution in [0, 0.1) is 12.8 Å². The second-order valence-electron chi connectivity index (χ2n) is 6.60. The molecule has 1 heterocycles. The smallest absolute Gasteiger partial charge is 0.272 e. The number of carbonyl (C=O) groups is 1. The Morgan fingerprint density at radius 2 is 1.92 bits per heavy atom. The van der Waals surface area contributed by atoms with Gasteiger partial charge in [-0.3, -0.25) is 4.79 Å². The predicted octanol–water partition coefficient (Wildman–Crippen LogP) is 3.91. The molecule has 0 saturated carbocycles. The third-order valence-corrected chi connectivity index (χ3v) is 3.97. The highest BCUT2D eigenvalue weighted by Gasteiger charge is 2.17. The third kappa shape index (κ3) is 5.85. The molecule has 0 radical (unpaired) electrons. The van der Waals surface area contributed by atoms with E-state index < -0.39 is 0 Å². The number of amides is 1. The van der Waals surface area contributed by atoms with Gasteiger partial charge in [-0.15, -0.1) is 0 Å². The van der Waals surface area contributed by atoms with E-state index in [4.69, 9.17) is 0 Å². The van der Waals surface area contributed by atoms with Gasteiger partial charge in [0, 0.05) is 25.7 Å². The molecule has 0 atom stereocenters. The lowest BCUT2D eigenvalue weighted by Crippen LogP contribution is -2.31. The molecule has 1 aromatic heterocycles. The van der Waals surface area contributed by atoms with E-state index in [-0.39, 0.29) is 5.91 Å². The van der Waals surface area contributed by atoms with Crippen molar-refractivity contribution in [3.8, 4) is 0 Å². The summed E-state index contributed by atoms with van der Waals surface area (Å²) in [4.78, 5) is 23.4. The van der Waals surface area contributed by atoms with Gasteiger partial charge in [0.2, 0.25) is 0 Å². The summed E-state index contributed by atoms with van der Waals surface area (Å²) in [6.07, 6.45) is 1.06. The molecule has 5 heteroatoms. The van der Waals surface area contributed by atoms with E-state index in [9.17, 15) is 4.79 Å². The number of hydrogen-bond acceptors (Lipinski definition) is 4. The number of rotatable bonds is 8. The van der Waals surface area contributed by atoms with Gasteiger partial charge in [-0.25, -0.2) is 9.97 Å². The van der Waals surface area contributed by atoms with Crippen LogP contribution in [0.5, 0.6) is 0 Å². The highest BCUT2D eigenvalue weighted by Crippen LogP contribution is 2.13. The van der Waals surface area contributed by atoms with Gasteiger partial charge >= 0.3 is 0 Å². The Morgan fingerprint density at radius 1 is 1.20 bits per heavy atom. The Labute approximate surface area is 150 Å². The van der Waals surface area contributed by atoms with Crippen LogP contribution in [0.25, 0.3) is 0 Å². The molecule has 0 aliphatic carbocycles. The van der Waals surface area contributed by atoms with Gasteiger partial charge in [0.1, 0.15) is 17.3 Å². The van der Waals surface area contributed by atoms with Crippen molar-refractivity contribution in [1.29, 1.82) is 0 Å². The van der Waals surface area contributed by atoms with Crippen molar-refractivity contribution in [2.24, 2.45) is 5.92 Å². The minimum Gasteiger partial charge on any atom is -0.370 e. The minimum absolute atomic E-state index is 0.0660. The highest BCUT2D eigenvalue weighted by molar-refractivity contribution is 5.93. The van der Waals surface area contributed by atoms with Gasteiger partial charge in [-0.1, -0.05) is 44.2 Å². The van der Waals surface area contributed by atoms with E-state index in [1.807, 2.05) is 44.2 Å². The van der Waals surface area contributed by atoms with Crippen molar-refractivity contribution in [2.45, 2.75) is 40.7 Å². The molecular formula is C20H28N4O. The molecule has 0 unspecified atom stereocenters. The number of aryl methyl sites for hydroxylation is 1. The lowest BCUT2D eigenvalue weighted by molar-refractivity contribution is 0.0746. The maximum absolute atomic E-state index is 12.9. The van der Waals surface area contributed by atoms with Gasteiger partial charge in [-0.2, -0.15) is 0 Å². The lowest BCUT2D eigenvalue weighted by Gasteiger charge is -2.21. The second kappa shape index (κ2) is 9.16. The van der Waals surface area contributed by atoms with Crippen LogP contribution in [-0.4, -0.2) is 33.9 Å². The SMILES string of the molecule is CCN(Cc1ccccc1)C(=O)c1cc(NCCC(C)C)nc(C)n1. The molecule has 25 heavy (non-hydrogen) atoms. The molecule has 1 aromatic carbocycles. The van der Waals surface area contributed by atoms with Gasteiger partial charge in [0.25, 0.3) is 5.91 Å². The largest absolute Gasteiger partial charge is 0.370 e. The maximum Gasteiger partial charge on any atom is 0.272 e. The van der Waals surface area contributed by atoms with Crippen LogP contribution >= 0.6 is 0 Å². The Morgan fingerprint density at radius 3 is 2.56 bits per heavy atom. The van der Waals surface area contributed by atoms with Crippen molar-refractivity contribution in [3.63, 3.8) is 0 Å². The molecular weight excluding hydrogens is 312 g/mol. The minimum atomic E-state index is -0.0660. The molecule has 0 aliphatic rings. The van der Waals surface area contributed by atoms with Gasteiger partial charge in [0.05, 0.1) is 0 Å². The molecule has 134 valence electrons. The van der Waals surface area contributed by atoms with Gasteiger partial charge in [-0.05, 0) is 31.7 Å². The first kappa shape index (κ1) is 18.9. The summed E-state index contributed by atoms with van der Waals surface area (Å²) in [5, 5.41) is 3.30. The molecule has 5 nitrogen and oxygen atoms in total. The molecule has 2 aromatic rings. The molecule has 0 fully saturated rings. The maximum atomic E-state index is 12.9. The molecule has 0 saturated heterocycles. The normalized spacial score (nSPS) is 10.8. The first-order valence-electron chi connectivity index (χ1n) is 8.92. The van der Waals surface area contributed by atoms with Crippen molar-refractivity contribution in [3.05, 3.63) is 53.5 Å². The van der Waals surface area contributed by atoms with E-state index in [1.165, 1.54) is 0 Å². The van der Waals surface area contributed by atoms with Crippen LogP contribution in [0.2, 0.25) is 0 Å². The molecule has 1 N–H and O–H groups in total. The summed E-state index contributed by atoms with van der Waals surface area (Å²) >= 11 is 0. The molecule has 0 bridgehead atoms. The fraction of sp³-hybridized carbons (Fsp3) is 0.450. The van der Waals surface area contributed by atoms with Crippen molar-refractivity contribution in [2.75, 3.05) is 18.4 Å². The summed E-state index contributed by atoms with van der Waals surface area (Å²) in [7, 11) is 0. The Balaban J connectivity index is 2.12. The van der Waals surface area contributed by atoms with E-state index in [1.54, 1.807) is 11.0 Å². The van der Waals surface area contributed by atoms with E-state index in [0.29, 0.717) is 36.3 Å². The average molecular weight is 340 g/mol. The highest BCUT2D eigenvalue weighted by atomic mass is 16.2. The molecule has 1 amide bonds. The Kier molecular flexibility index (Phi) is 6.92. The summed E-state index contributed by atoms with van der Waals surface area (Å²) in [6, 6.07) is 11.8. The average Bonchev–Trinajstić information content (AvgIpc) is 2.59. The third-order valence-electron chi connectivity index (χ3n) is 3.97. The Bertz CT molecular complexity index is 685. The predicted molar refractivity (Wildman–Crippen MR) is 102 cm³/mol. The monoisotopic (exact) mass is 340 g/mol. The number of nitrogens with zero attached hydrogens (tertiary/aromatic N) is 3. The number of hydrogen-bond donors (Lipinski definition) is 1. The van der Waals surface area contributed by atoms with Gasteiger partial charge < -0.3 is 10.2 Å². The topological polar surface area (TPSA) is 58.1 Å². The summed E-state index contributed by atoms with van der Waals surface area (Å²) in [5.41, 5.74) is 1.55. The fourth-order valence-corrected chi connectivity index (χ4v) is 2.55. The first-order valence-corrected chi connectivity index (χ1v) is 8.92. The van der Waals surface area contributed by atoms with E-state index in [2.05, 4.69) is 29.1 Å². The summed E-state index contributed by atoms with van der Waals surface area (Å²) in [5.74, 6) is 1.88. The molecule has 2 rings (SSSR count). The quantitative estimate of drug-likeness (QED) is 0.791. The summed E-state index contributed by atoms with van der Waals surface area (Å²) in [6.45, 7) is 10.2. The zero-order valence-electron chi connectivity index (χ0n) is 15.6. The standard InChI is InChI=1S/C20H28N4O/c1-5-24(14-17-9-7-6-8-10-17)20(25)18-13-19(23-16(4)22-18)21-12-11-15(2)3/h6-10,13,15H,5,11-12,14H2,1-4H3,(H,21,22,23). The van der Waals surface area contributed by atoms with Crippen LogP contribution < -0.4 is 5.32 Å². The van der Waals surface area contributed by atoms with Crippen LogP contribution in [-0.2, 0) is 6.54 Å². The van der Waals surface area contributed by atoms with E-state index >= 15 is 0 Å². The van der Waals surface area contributed by atoms with Crippen LogP contribution in [0.15, 0.2) is 36.4 Å². The number of nitrogens with one attached hydrogen (secondary N) is 1. The van der Waals surface area contributed by atoms with Gasteiger partial charge in [0.15, 0.2) is 0 Å². The molecule has 0 spiro atoms. The number of anilines is 1. The van der Waals surface area contributed by atoms with Crippen molar-refractivity contribution >= 4 is 11.7 Å². The zero-order chi connectivity index (χ0) is 18.2. The zero-order valence-corrected chi connectivity index (χ0v) is 15.6. The summed E-state index contributed by atoms with van der Waals surface area (Å²) < 4.78 is 0. The fourth-order valence-electron chi connectivity index (χ4n) is 2.55. The first-order chi connectivity index (χ1) is 12.0. The number of aromatic nitrogens is 2. The van der Waals surface area contributed by atoms with Crippen LogP contribution in [0.4, 0.5) is 5.82 Å².